The van der Waals surface area contributed by atoms with Crippen LogP contribution in [0, 0.1) is 5.21 Å². The summed E-state index contributed by atoms with van der Waals surface area (Å²) in [6.07, 6.45) is 1.17. The molecular weight excluding hydrogens is 328 g/mol. The van der Waals surface area contributed by atoms with Crippen molar-refractivity contribution in [3.05, 3.63) is 59.6 Å². The molecule has 0 atom stereocenters. The van der Waals surface area contributed by atoms with Gasteiger partial charge >= 0.3 is 11.7 Å². The van der Waals surface area contributed by atoms with E-state index < -0.39 is 18.5 Å². The van der Waals surface area contributed by atoms with Crippen molar-refractivity contribution in [2.24, 2.45) is 0 Å². The van der Waals surface area contributed by atoms with Crippen molar-refractivity contribution in [1.29, 1.82) is 0 Å². The van der Waals surface area contributed by atoms with Crippen LogP contribution in [0.3, 0.4) is 0 Å². The number of aromatic nitrogens is 1. The molecule has 1 aromatic carbocycles. The van der Waals surface area contributed by atoms with Gasteiger partial charge in [-0.3, -0.25) is 4.79 Å². The number of rotatable bonds is 8. The van der Waals surface area contributed by atoms with Crippen LogP contribution in [0.2, 0.25) is 0 Å². The fraction of sp³-hybridized carbons (Fsp3) is 0.235. The molecule has 2 aromatic rings. The lowest BCUT2D eigenvalue weighted by Gasteiger charge is -2.11. The predicted molar refractivity (Wildman–Crippen MR) is 87.2 cm³/mol. The number of carbonyl (C=O) groups is 2. The topological polar surface area (TPSA) is 101 Å². The summed E-state index contributed by atoms with van der Waals surface area (Å²) in [7, 11) is 1.54. The predicted octanol–water partition coefficient (Wildman–Crippen LogP) is 0.681. The number of para-hydroxylation sites is 2. The van der Waals surface area contributed by atoms with E-state index in [9.17, 15) is 14.8 Å². The maximum atomic E-state index is 11.7. The number of hydrogen-bond acceptors (Lipinski definition) is 6. The Morgan fingerprint density at radius 1 is 1.12 bits per heavy atom. The normalized spacial score (nSPS) is 9.96. The summed E-state index contributed by atoms with van der Waals surface area (Å²) in [5, 5.41) is 13.9. The van der Waals surface area contributed by atoms with E-state index in [2.05, 4.69) is 5.32 Å². The molecular formula is C17H18N2O6. The number of methoxy groups -OCH3 is 1. The Balaban J connectivity index is 1.69. The summed E-state index contributed by atoms with van der Waals surface area (Å²) >= 11 is 0. The van der Waals surface area contributed by atoms with E-state index >= 15 is 0 Å². The number of benzene rings is 1. The summed E-state index contributed by atoms with van der Waals surface area (Å²) in [5.74, 6) is -0.201. The molecule has 0 spiro atoms. The monoisotopic (exact) mass is 346 g/mol. The lowest BCUT2D eigenvalue weighted by atomic mass is 10.3. The average Bonchev–Trinajstić information content (AvgIpc) is 2.64. The molecule has 0 aliphatic carbocycles. The first-order chi connectivity index (χ1) is 12.1. The molecule has 25 heavy (non-hydrogen) atoms. The number of hydrogen-bond donors (Lipinski definition) is 1. The van der Waals surface area contributed by atoms with Crippen LogP contribution >= 0.6 is 0 Å². The molecule has 1 aromatic heterocycles. The molecule has 0 unspecified atom stereocenters. The second kappa shape index (κ2) is 9.11. The summed E-state index contributed by atoms with van der Waals surface area (Å²) in [4.78, 5) is 23.3. The highest BCUT2D eigenvalue weighted by Crippen LogP contribution is 2.25. The van der Waals surface area contributed by atoms with Gasteiger partial charge in [-0.1, -0.05) is 12.1 Å². The first-order valence-electron chi connectivity index (χ1n) is 7.49. The fourth-order valence-electron chi connectivity index (χ4n) is 1.93. The van der Waals surface area contributed by atoms with Gasteiger partial charge in [-0.25, -0.2) is 4.79 Å². The third-order valence-corrected chi connectivity index (χ3v) is 3.12. The molecule has 8 heteroatoms. The van der Waals surface area contributed by atoms with E-state index in [-0.39, 0.29) is 18.8 Å². The highest BCUT2D eigenvalue weighted by Gasteiger charge is 2.17. The van der Waals surface area contributed by atoms with Crippen molar-refractivity contribution >= 4 is 11.9 Å². The fourth-order valence-corrected chi connectivity index (χ4v) is 1.93. The van der Waals surface area contributed by atoms with E-state index in [0.717, 1.165) is 0 Å². The van der Waals surface area contributed by atoms with E-state index in [1.165, 1.54) is 31.5 Å². The van der Waals surface area contributed by atoms with Gasteiger partial charge in [0, 0.05) is 12.1 Å². The molecule has 1 heterocycles. The first kappa shape index (κ1) is 18.1. The SMILES string of the molecule is COc1ccccc1OCCNC(=O)COC(=O)c1cccc[n+]1[O-]. The van der Waals surface area contributed by atoms with Gasteiger partial charge in [0.2, 0.25) is 0 Å². The third kappa shape index (κ3) is 5.38. The summed E-state index contributed by atoms with van der Waals surface area (Å²) < 4.78 is 15.8. The molecule has 0 bridgehead atoms. The first-order valence-corrected chi connectivity index (χ1v) is 7.49. The largest absolute Gasteiger partial charge is 0.618 e. The number of nitrogens with zero attached hydrogens (tertiary/aromatic N) is 1. The third-order valence-electron chi connectivity index (χ3n) is 3.12. The molecule has 1 N–H and O–H groups in total. The van der Waals surface area contributed by atoms with Crippen molar-refractivity contribution in [1.82, 2.24) is 5.32 Å². The van der Waals surface area contributed by atoms with Gasteiger partial charge in [0.15, 0.2) is 24.3 Å². The van der Waals surface area contributed by atoms with Gasteiger partial charge in [0.05, 0.1) is 13.7 Å². The van der Waals surface area contributed by atoms with Gasteiger partial charge in [-0.15, -0.1) is 0 Å². The highest BCUT2D eigenvalue weighted by atomic mass is 16.5. The van der Waals surface area contributed by atoms with Gasteiger partial charge in [0.25, 0.3) is 5.91 Å². The Kier molecular flexibility index (Phi) is 6.58. The van der Waals surface area contributed by atoms with Crippen molar-refractivity contribution in [2.75, 3.05) is 26.9 Å². The molecule has 0 aliphatic heterocycles. The second-order valence-corrected chi connectivity index (χ2v) is 4.84. The van der Waals surface area contributed by atoms with E-state index in [4.69, 9.17) is 14.2 Å². The minimum atomic E-state index is -0.865. The molecule has 0 fully saturated rings. The number of pyridine rings is 1. The van der Waals surface area contributed by atoms with E-state index in [0.29, 0.717) is 16.2 Å². The lowest BCUT2D eigenvalue weighted by Crippen LogP contribution is -2.36. The van der Waals surface area contributed by atoms with Crippen LogP contribution in [-0.2, 0) is 9.53 Å². The zero-order valence-electron chi connectivity index (χ0n) is 13.6. The van der Waals surface area contributed by atoms with E-state index in [1.54, 1.807) is 12.1 Å². The molecule has 1 amide bonds. The zero-order chi connectivity index (χ0) is 18.1. The Hall–Kier alpha value is -3.29. The van der Waals surface area contributed by atoms with Gasteiger partial charge in [-0.2, -0.15) is 4.73 Å². The molecule has 0 saturated carbocycles. The van der Waals surface area contributed by atoms with Crippen LogP contribution in [-0.4, -0.2) is 38.7 Å². The van der Waals surface area contributed by atoms with Crippen LogP contribution in [0.1, 0.15) is 10.5 Å². The van der Waals surface area contributed by atoms with Gasteiger partial charge < -0.3 is 24.7 Å². The Bertz CT molecular complexity index is 735. The van der Waals surface area contributed by atoms with Gasteiger partial charge in [-0.05, 0) is 18.2 Å². The van der Waals surface area contributed by atoms with Crippen LogP contribution < -0.4 is 19.5 Å². The van der Waals surface area contributed by atoms with Crippen LogP contribution in [0.5, 0.6) is 11.5 Å². The number of amides is 1. The highest BCUT2D eigenvalue weighted by molar-refractivity contribution is 5.88. The van der Waals surface area contributed by atoms with Crippen LogP contribution in [0.4, 0.5) is 0 Å². The van der Waals surface area contributed by atoms with E-state index in [1.807, 2.05) is 12.1 Å². The number of nitrogens with one attached hydrogen (secondary N) is 1. The number of ether oxygens (including phenoxy) is 3. The standard InChI is InChI=1S/C17H18N2O6/c1-23-14-7-2-3-8-15(14)24-11-9-18-16(20)12-25-17(21)13-6-4-5-10-19(13)22/h2-8,10H,9,11-12H2,1H3,(H,18,20). The lowest BCUT2D eigenvalue weighted by molar-refractivity contribution is -0.608. The van der Waals surface area contributed by atoms with Crippen molar-refractivity contribution in [3.8, 4) is 11.5 Å². The smallest absolute Gasteiger partial charge is 0.405 e. The summed E-state index contributed by atoms with van der Waals surface area (Å²) in [6, 6.07) is 11.5. The Morgan fingerprint density at radius 3 is 2.56 bits per heavy atom. The maximum absolute atomic E-state index is 11.7. The minimum absolute atomic E-state index is 0.185. The van der Waals surface area contributed by atoms with Crippen LogP contribution in [0.25, 0.3) is 0 Å². The van der Waals surface area contributed by atoms with Crippen molar-refractivity contribution in [2.45, 2.75) is 0 Å². The zero-order valence-corrected chi connectivity index (χ0v) is 13.6. The van der Waals surface area contributed by atoms with Crippen molar-refractivity contribution < 1.29 is 28.5 Å². The maximum Gasteiger partial charge on any atom is 0.405 e. The number of carbonyl (C=O) groups excluding carboxylic acids is 2. The molecule has 0 radical (unpaired) electrons. The Morgan fingerprint density at radius 2 is 1.84 bits per heavy atom. The summed E-state index contributed by atoms with van der Waals surface area (Å²) in [5.41, 5.74) is -0.185. The molecule has 0 saturated heterocycles. The second-order valence-electron chi connectivity index (χ2n) is 4.84. The van der Waals surface area contributed by atoms with Crippen LogP contribution in [0.15, 0.2) is 48.7 Å². The molecule has 132 valence electrons. The molecule has 8 nitrogen and oxygen atoms in total. The quantitative estimate of drug-likeness (QED) is 0.326. The molecule has 2 rings (SSSR count). The minimum Gasteiger partial charge on any atom is -0.618 e. The Labute approximate surface area is 144 Å². The summed E-state index contributed by atoms with van der Waals surface area (Å²) in [6.45, 7) is -0.0387. The average molecular weight is 346 g/mol. The van der Waals surface area contributed by atoms with Crippen molar-refractivity contribution in [3.63, 3.8) is 0 Å². The van der Waals surface area contributed by atoms with Gasteiger partial charge in [0.1, 0.15) is 6.61 Å². The number of esters is 1. The molecule has 0 aliphatic rings.